The quantitative estimate of drug-likeness (QED) is 0.0942. The predicted molar refractivity (Wildman–Crippen MR) is 194 cm³/mol. The van der Waals surface area contributed by atoms with Crippen molar-refractivity contribution in [2.24, 2.45) is 17.6 Å². The zero-order valence-corrected chi connectivity index (χ0v) is 30.4. The number of amides is 2. The molecule has 5 rings (SSSR count). The lowest BCUT2D eigenvalue weighted by Gasteiger charge is -2.41. The van der Waals surface area contributed by atoms with Crippen LogP contribution in [0.15, 0.2) is 24.3 Å². The normalized spacial score (nSPS) is 21.7. The first-order valence-corrected chi connectivity index (χ1v) is 18.5. The molecular weight excluding hydrogens is 656 g/mol. The molecule has 0 saturated carbocycles. The number of aliphatic hydroxyl groups is 1. The van der Waals surface area contributed by atoms with Gasteiger partial charge in [0, 0.05) is 24.3 Å². The second kappa shape index (κ2) is 19.3. The van der Waals surface area contributed by atoms with Crippen molar-refractivity contribution in [2.75, 3.05) is 86.5 Å². The molecule has 2 aromatic rings. The standard InChI is InChI=1S/C37H58N6O8/c1-4-43(16-8-14-40-12-6-5-11-39-13-7-10-38)17-9-15-41-37(46)42-34-26-21-29-28(50-23-51-29)20-25(26)32(33-27(34)22-49-36(33)45)24-18-30(47-2)35(44)31(19-24)48-3/h18-21,27,32-34,36,39-40,44-45H,4-17,22-23,38H2,1-3H3,(H2,41,42,46)/t27-,32?,33-,34+,36?/m0/s1. The Morgan fingerprint density at radius 3 is 2.14 bits per heavy atom. The monoisotopic (exact) mass is 714 g/mol. The summed E-state index contributed by atoms with van der Waals surface area (Å²) in [5, 5.41) is 35.1. The highest BCUT2D eigenvalue weighted by Crippen LogP contribution is 2.56. The lowest BCUT2D eigenvalue weighted by molar-refractivity contribution is -0.0855. The van der Waals surface area contributed by atoms with Crippen LogP contribution in [0.2, 0.25) is 0 Å². The molecule has 1 aliphatic carbocycles. The third kappa shape index (κ3) is 9.67. The molecule has 51 heavy (non-hydrogen) atoms. The van der Waals surface area contributed by atoms with E-state index < -0.39 is 18.2 Å². The minimum Gasteiger partial charge on any atom is -0.502 e. The highest BCUT2D eigenvalue weighted by molar-refractivity contribution is 5.75. The first-order chi connectivity index (χ1) is 24.9. The van der Waals surface area contributed by atoms with Crippen molar-refractivity contribution in [2.45, 2.75) is 57.3 Å². The summed E-state index contributed by atoms with van der Waals surface area (Å²) in [6, 6.07) is 6.60. The van der Waals surface area contributed by atoms with Crippen molar-refractivity contribution >= 4 is 6.03 Å². The van der Waals surface area contributed by atoms with E-state index in [1.807, 2.05) is 12.1 Å². The van der Waals surface area contributed by atoms with Gasteiger partial charge in [0.15, 0.2) is 29.3 Å². The van der Waals surface area contributed by atoms with E-state index in [9.17, 15) is 15.0 Å². The first kappa shape index (κ1) is 38.7. The van der Waals surface area contributed by atoms with Crippen molar-refractivity contribution in [1.29, 1.82) is 0 Å². The second-order valence-electron chi connectivity index (χ2n) is 13.4. The number of urea groups is 1. The lowest BCUT2D eigenvalue weighted by Crippen LogP contribution is -2.46. The van der Waals surface area contributed by atoms with Gasteiger partial charge in [0.2, 0.25) is 12.5 Å². The number of carbonyl (C=O) groups excluding carboxylic acids is 1. The van der Waals surface area contributed by atoms with Gasteiger partial charge in [0.05, 0.1) is 26.9 Å². The Balaban J connectivity index is 1.17. The first-order valence-electron chi connectivity index (χ1n) is 18.5. The van der Waals surface area contributed by atoms with Crippen LogP contribution in [0.4, 0.5) is 4.79 Å². The maximum Gasteiger partial charge on any atom is 0.315 e. The number of nitrogens with two attached hydrogens (primary N) is 1. The van der Waals surface area contributed by atoms with Gasteiger partial charge in [-0.3, -0.25) is 0 Å². The highest BCUT2D eigenvalue weighted by atomic mass is 16.7. The number of phenols is 1. The average molecular weight is 715 g/mol. The third-order valence-electron chi connectivity index (χ3n) is 10.2. The molecule has 284 valence electrons. The highest BCUT2D eigenvalue weighted by Gasteiger charge is 2.52. The topological polar surface area (TPSA) is 181 Å². The Morgan fingerprint density at radius 2 is 1.51 bits per heavy atom. The van der Waals surface area contributed by atoms with Gasteiger partial charge in [0.1, 0.15) is 0 Å². The molecule has 1 fully saturated rings. The fourth-order valence-corrected chi connectivity index (χ4v) is 7.53. The average Bonchev–Trinajstić information content (AvgIpc) is 3.76. The van der Waals surface area contributed by atoms with Crippen LogP contribution in [0.3, 0.4) is 0 Å². The summed E-state index contributed by atoms with van der Waals surface area (Å²) < 4.78 is 28.3. The number of hydrogen-bond donors (Lipinski definition) is 7. The lowest BCUT2D eigenvalue weighted by atomic mass is 9.65. The summed E-state index contributed by atoms with van der Waals surface area (Å²) in [6.45, 7) is 10.7. The smallest absolute Gasteiger partial charge is 0.315 e. The van der Waals surface area contributed by atoms with Crippen LogP contribution in [0.1, 0.15) is 67.7 Å². The van der Waals surface area contributed by atoms with Crippen molar-refractivity contribution in [1.82, 2.24) is 26.2 Å². The van der Waals surface area contributed by atoms with Crippen molar-refractivity contribution in [3.63, 3.8) is 0 Å². The molecule has 2 heterocycles. The molecule has 0 aromatic heterocycles. The van der Waals surface area contributed by atoms with E-state index in [4.69, 9.17) is 29.4 Å². The number of unbranched alkanes of at least 4 members (excludes halogenated alkanes) is 1. The van der Waals surface area contributed by atoms with Crippen LogP contribution in [0.25, 0.3) is 0 Å². The maximum atomic E-state index is 13.4. The summed E-state index contributed by atoms with van der Waals surface area (Å²) in [4.78, 5) is 15.8. The van der Waals surface area contributed by atoms with E-state index in [2.05, 4.69) is 33.1 Å². The van der Waals surface area contributed by atoms with E-state index in [1.54, 1.807) is 12.1 Å². The van der Waals surface area contributed by atoms with Crippen LogP contribution >= 0.6 is 0 Å². The number of rotatable bonds is 21. The van der Waals surface area contributed by atoms with Crippen molar-refractivity contribution in [3.05, 3.63) is 41.0 Å². The number of aromatic hydroxyl groups is 1. The van der Waals surface area contributed by atoms with Crippen molar-refractivity contribution < 1.29 is 38.7 Å². The molecule has 2 aromatic carbocycles. The van der Waals surface area contributed by atoms with E-state index in [0.717, 1.165) is 94.7 Å². The number of ether oxygens (including phenoxy) is 5. The number of benzene rings is 2. The number of nitrogens with zero attached hydrogens (tertiary/aromatic N) is 1. The Morgan fingerprint density at radius 1 is 0.902 bits per heavy atom. The molecule has 0 bridgehead atoms. The van der Waals surface area contributed by atoms with Gasteiger partial charge in [-0.2, -0.15) is 0 Å². The van der Waals surface area contributed by atoms with Crippen LogP contribution in [-0.2, 0) is 4.74 Å². The summed E-state index contributed by atoms with van der Waals surface area (Å²) in [5.74, 6) is 0.529. The number of aliphatic hydroxyl groups excluding tert-OH is 1. The van der Waals surface area contributed by atoms with Gasteiger partial charge < -0.3 is 65.8 Å². The van der Waals surface area contributed by atoms with Crippen LogP contribution in [0.5, 0.6) is 28.7 Å². The number of hydrogen-bond acceptors (Lipinski definition) is 12. The van der Waals surface area contributed by atoms with Crippen LogP contribution < -0.4 is 45.9 Å². The Labute approximate surface area is 301 Å². The van der Waals surface area contributed by atoms with E-state index in [-0.39, 0.29) is 48.5 Å². The molecule has 1 saturated heterocycles. The molecule has 8 N–H and O–H groups in total. The molecule has 14 heteroatoms. The van der Waals surface area contributed by atoms with Gasteiger partial charge in [-0.25, -0.2) is 4.79 Å². The number of nitrogens with one attached hydrogen (secondary N) is 4. The largest absolute Gasteiger partial charge is 0.502 e. The number of carbonyl (C=O) groups is 1. The zero-order valence-electron chi connectivity index (χ0n) is 30.4. The maximum absolute atomic E-state index is 13.4. The van der Waals surface area contributed by atoms with Gasteiger partial charge >= 0.3 is 6.03 Å². The molecule has 2 aliphatic heterocycles. The van der Waals surface area contributed by atoms with Crippen LogP contribution in [0, 0.1) is 11.8 Å². The van der Waals surface area contributed by atoms with E-state index >= 15 is 0 Å². The zero-order chi connectivity index (χ0) is 36.2. The third-order valence-corrected chi connectivity index (χ3v) is 10.2. The van der Waals surface area contributed by atoms with Gasteiger partial charge in [-0.05, 0) is 125 Å². The molecule has 2 unspecified atom stereocenters. The fourth-order valence-electron chi connectivity index (χ4n) is 7.53. The number of phenolic OH excluding ortho intramolecular Hbond substituents is 1. The van der Waals surface area contributed by atoms with E-state index in [1.165, 1.54) is 20.6 Å². The van der Waals surface area contributed by atoms with Gasteiger partial charge in [-0.1, -0.05) is 6.92 Å². The molecule has 3 aliphatic rings. The summed E-state index contributed by atoms with van der Waals surface area (Å²) in [5.41, 5.74) is 8.00. The molecule has 5 atom stereocenters. The SMILES string of the molecule is CCN(CCCNCCCCNCCCN)CCCNC(=O)N[C@@H]1c2cc3c(cc2C(c2cc(OC)c(O)c(OC)c2)[C@H]2C(O)OC[C@@H]21)OCO3. The molecule has 14 nitrogen and oxygen atoms in total. The Hall–Kier alpha value is -3.53. The van der Waals surface area contributed by atoms with Gasteiger partial charge in [0.25, 0.3) is 0 Å². The van der Waals surface area contributed by atoms with Crippen LogP contribution in [-0.4, -0.2) is 114 Å². The number of methoxy groups -OCH3 is 2. The Bertz CT molecular complexity index is 1390. The fraction of sp³-hybridized carbons (Fsp3) is 0.649. The number of fused-ring (bicyclic) bond motifs is 3. The molecule has 0 spiro atoms. The Kier molecular flexibility index (Phi) is 14.7. The summed E-state index contributed by atoms with van der Waals surface area (Å²) in [6.07, 6.45) is 4.18. The van der Waals surface area contributed by atoms with Crippen molar-refractivity contribution in [3.8, 4) is 28.7 Å². The van der Waals surface area contributed by atoms with E-state index in [0.29, 0.717) is 18.0 Å². The summed E-state index contributed by atoms with van der Waals surface area (Å²) >= 11 is 0. The minimum atomic E-state index is -1.08. The molecular formula is C37H58N6O8. The minimum absolute atomic E-state index is 0.0976. The van der Waals surface area contributed by atoms with Gasteiger partial charge in [-0.15, -0.1) is 0 Å². The molecule has 2 amide bonds. The molecule has 0 radical (unpaired) electrons. The predicted octanol–water partition coefficient (Wildman–Crippen LogP) is 2.62. The summed E-state index contributed by atoms with van der Waals surface area (Å²) in [7, 11) is 2.96. The second-order valence-corrected chi connectivity index (χ2v) is 13.4.